The maximum atomic E-state index is 12.2. The maximum absolute atomic E-state index is 12.2. The van der Waals surface area contributed by atoms with Gasteiger partial charge < -0.3 is 15.8 Å². The molecule has 1 unspecified atom stereocenters. The van der Waals surface area contributed by atoms with E-state index < -0.39 is 5.54 Å². The first-order valence-corrected chi connectivity index (χ1v) is 10.8. The molecule has 7 nitrogen and oxygen atoms in total. The summed E-state index contributed by atoms with van der Waals surface area (Å²) < 4.78 is 5.88. The Morgan fingerprint density at radius 3 is 2.71 bits per heavy atom. The lowest BCUT2D eigenvalue weighted by atomic mass is 9.93. The molecule has 1 aromatic carbocycles. The SMILES string of the molecule is CC(C)CC(C)(N)COc1ccc(-c2ccnc(NC(=O)c3nccs3)c2)cc1C#N. The number of aromatic nitrogens is 2. The van der Waals surface area contributed by atoms with Crippen LogP contribution in [0.2, 0.25) is 0 Å². The van der Waals surface area contributed by atoms with Gasteiger partial charge in [0.25, 0.3) is 5.91 Å². The van der Waals surface area contributed by atoms with Crippen molar-refractivity contribution >= 4 is 23.1 Å². The average molecular weight is 436 g/mol. The van der Waals surface area contributed by atoms with E-state index in [0.717, 1.165) is 17.5 Å². The van der Waals surface area contributed by atoms with Crippen molar-refractivity contribution in [3.63, 3.8) is 0 Å². The van der Waals surface area contributed by atoms with Crippen molar-refractivity contribution in [1.82, 2.24) is 9.97 Å². The number of ether oxygens (including phenoxy) is 1. The first kappa shape index (κ1) is 22.4. The molecule has 3 rings (SSSR count). The molecule has 0 spiro atoms. The Labute approximate surface area is 185 Å². The normalized spacial score (nSPS) is 12.8. The highest BCUT2D eigenvalue weighted by Crippen LogP contribution is 2.28. The summed E-state index contributed by atoms with van der Waals surface area (Å²) in [4.78, 5) is 20.4. The molecule has 0 aliphatic carbocycles. The zero-order valence-corrected chi connectivity index (χ0v) is 18.6. The highest BCUT2D eigenvalue weighted by molar-refractivity contribution is 7.11. The molecule has 8 heteroatoms. The van der Waals surface area contributed by atoms with Crippen LogP contribution in [-0.2, 0) is 0 Å². The molecule has 0 saturated heterocycles. The Morgan fingerprint density at radius 1 is 1.26 bits per heavy atom. The van der Waals surface area contributed by atoms with Crippen LogP contribution < -0.4 is 15.8 Å². The third-order valence-electron chi connectivity index (χ3n) is 4.49. The van der Waals surface area contributed by atoms with Gasteiger partial charge in [0.15, 0.2) is 5.01 Å². The highest BCUT2D eigenvalue weighted by Gasteiger charge is 2.22. The minimum absolute atomic E-state index is 0.313. The van der Waals surface area contributed by atoms with E-state index in [4.69, 9.17) is 10.5 Å². The fourth-order valence-electron chi connectivity index (χ4n) is 3.34. The van der Waals surface area contributed by atoms with Crippen LogP contribution in [0.4, 0.5) is 5.82 Å². The number of carbonyl (C=O) groups is 1. The molecule has 0 aliphatic rings. The number of pyridine rings is 1. The zero-order valence-electron chi connectivity index (χ0n) is 17.8. The molecular weight excluding hydrogens is 410 g/mol. The van der Waals surface area contributed by atoms with Crippen molar-refractivity contribution in [2.24, 2.45) is 11.7 Å². The molecule has 160 valence electrons. The van der Waals surface area contributed by atoms with Crippen LogP contribution in [0.15, 0.2) is 48.1 Å². The van der Waals surface area contributed by atoms with Crippen LogP contribution in [-0.4, -0.2) is 28.0 Å². The van der Waals surface area contributed by atoms with Gasteiger partial charge in [-0.3, -0.25) is 4.79 Å². The topological polar surface area (TPSA) is 114 Å². The molecule has 0 radical (unpaired) electrons. The monoisotopic (exact) mass is 435 g/mol. The van der Waals surface area contributed by atoms with Gasteiger partial charge in [0.05, 0.1) is 5.56 Å². The summed E-state index contributed by atoms with van der Waals surface area (Å²) in [7, 11) is 0. The predicted octanol–water partition coefficient (Wildman–Crippen LogP) is 4.47. The second kappa shape index (κ2) is 9.69. The fraction of sp³-hybridized carbons (Fsp3) is 0.304. The quantitative estimate of drug-likeness (QED) is 0.539. The third kappa shape index (κ3) is 6.10. The van der Waals surface area contributed by atoms with Gasteiger partial charge in [-0.05, 0) is 54.7 Å². The molecule has 2 aromatic heterocycles. The number of nitrogens with two attached hydrogens (primary N) is 1. The van der Waals surface area contributed by atoms with Crippen molar-refractivity contribution in [1.29, 1.82) is 5.26 Å². The third-order valence-corrected chi connectivity index (χ3v) is 5.27. The number of nitrogens with one attached hydrogen (secondary N) is 1. The maximum Gasteiger partial charge on any atom is 0.285 e. The Hall–Kier alpha value is -3.28. The number of benzene rings is 1. The van der Waals surface area contributed by atoms with Gasteiger partial charge in [-0.1, -0.05) is 19.9 Å². The molecular formula is C23H25N5O2S. The summed E-state index contributed by atoms with van der Waals surface area (Å²) in [6.45, 7) is 6.50. The van der Waals surface area contributed by atoms with E-state index in [9.17, 15) is 10.1 Å². The van der Waals surface area contributed by atoms with Gasteiger partial charge in [-0.15, -0.1) is 11.3 Å². The number of hydrogen-bond donors (Lipinski definition) is 2. The molecule has 0 aliphatic heterocycles. The van der Waals surface area contributed by atoms with E-state index in [1.54, 1.807) is 36.0 Å². The van der Waals surface area contributed by atoms with Gasteiger partial charge >= 0.3 is 0 Å². The van der Waals surface area contributed by atoms with E-state index in [-0.39, 0.29) is 5.91 Å². The largest absolute Gasteiger partial charge is 0.490 e. The number of rotatable bonds is 8. The number of hydrogen-bond acceptors (Lipinski definition) is 7. The van der Waals surface area contributed by atoms with Gasteiger partial charge in [0, 0.05) is 23.3 Å². The predicted molar refractivity (Wildman–Crippen MR) is 122 cm³/mol. The summed E-state index contributed by atoms with van der Waals surface area (Å²) in [5, 5.41) is 14.5. The number of thiazole rings is 1. The van der Waals surface area contributed by atoms with Gasteiger partial charge in [0.1, 0.15) is 24.2 Å². The molecule has 0 bridgehead atoms. The van der Waals surface area contributed by atoms with Crippen molar-refractivity contribution in [3.05, 3.63) is 58.7 Å². The van der Waals surface area contributed by atoms with Crippen LogP contribution in [0.5, 0.6) is 5.75 Å². The summed E-state index contributed by atoms with van der Waals surface area (Å²) in [5.41, 5.74) is 7.89. The lowest BCUT2D eigenvalue weighted by Gasteiger charge is -2.26. The van der Waals surface area contributed by atoms with Gasteiger partial charge in [-0.2, -0.15) is 5.26 Å². The van der Waals surface area contributed by atoms with E-state index >= 15 is 0 Å². The summed E-state index contributed by atoms with van der Waals surface area (Å²) >= 11 is 1.26. The van der Waals surface area contributed by atoms with Crippen molar-refractivity contribution in [2.75, 3.05) is 11.9 Å². The van der Waals surface area contributed by atoms with Crippen LogP contribution in [0.3, 0.4) is 0 Å². The standard InChI is InChI=1S/C23H25N5O2S/c1-15(2)12-23(3,25)14-30-19-5-4-16(10-18(19)13-24)17-6-7-26-20(11-17)28-21(29)22-27-8-9-31-22/h4-11,15H,12,14,25H2,1-3H3,(H,26,28,29). The molecule has 3 aromatic rings. The van der Waals surface area contributed by atoms with Crippen molar-refractivity contribution < 1.29 is 9.53 Å². The Kier molecular flexibility index (Phi) is 7.00. The Morgan fingerprint density at radius 2 is 2.03 bits per heavy atom. The molecule has 0 fully saturated rings. The number of nitrogens with zero attached hydrogens (tertiary/aromatic N) is 3. The van der Waals surface area contributed by atoms with Crippen LogP contribution in [0.25, 0.3) is 11.1 Å². The van der Waals surface area contributed by atoms with Crippen LogP contribution in [0.1, 0.15) is 42.6 Å². The van der Waals surface area contributed by atoms with Gasteiger partial charge in [0.2, 0.25) is 0 Å². The molecule has 1 atom stereocenters. The average Bonchev–Trinajstić information content (AvgIpc) is 3.26. The lowest BCUT2D eigenvalue weighted by Crippen LogP contribution is -2.43. The molecule has 31 heavy (non-hydrogen) atoms. The number of anilines is 1. The van der Waals surface area contributed by atoms with E-state index in [1.807, 2.05) is 19.1 Å². The van der Waals surface area contributed by atoms with Crippen molar-refractivity contribution in [3.8, 4) is 22.9 Å². The van der Waals surface area contributed by atoms with E-state index in [0.29, 0.717) is 34.7 Å². The number of carbonyl (C=O) groups excluding carboxylic acids is 1. The van der Waals surface area contributed by atoms with Gasteiger partial charge in [-0.25, -0.2) is 9.97 Å². The summed E-state index contributed by atoms with van der Waals surface area (Å²) in [5.74, 6) is 1.04. The van der Waals surface area contributed by atoms with Crippen LogP contribution >= 0.6 is 11.3 Å². The highest BCUT2D eigenvalue weighted by atomic mass is 32.1. The second-order valence-electron chi connectivity index (χ2n) is 8.08. The zero-order chi connectivity index (χ0) is 22.4. The minimum atomic E-state index is -0.477. The van der Waals surface area contributed by atoms with Crippen molar-refractivity contribution in [2.45, 2.75) is 32.7 Å². The first-order chi connectivity index (χ1) is 14.8. The molecule has 0 saturated carbocycles. The number of nitriles is 1. The summed E-state index contributed by atoms with van der Waals surface area (Å²) in [6, 6.07) is 11.2. The fourth-order valence-corrected chi connectivity index (χ4v) is 3.87. The Balaban J connectivity index is 1.76. The smallest absolute Gasteiger partial charge is 0.285 e. The Bertz CT molecular complexity index is 1090. The molecule has 1 amide bonds. The van der Waals surface area contributed by atoms with Crippen LogP contribution in [0, 0.1) is 17.2 Å². The molecule has 3 N–H and O–H groups in total. The number of amides is 1. The minimum Gasteiger partial charge on any atom is -0.490 e. The summed E-state index contributed by atoms with van der Waals surface area (Å²) in [6.07, 6.45) is 4.00. The van der Waals surface area contributed by atoms with E-state index in [2.05, 4.69) is 35.2 Å². The molecule has 2 heterocycles. The van der Waals surface area contributed by atoms with E-state index in [1.165, 1.54) is 11.3 Å². The first-order valence-electron chi connectivity index (χ1n) is 9.90. The second-order valence-corrected chi connectivity index (χ2v) is 8.98. The lowest BCUT2D eigenvalue weighted by molar-refractivity contribution is 0.102.